The van der Waals surface area contributed by atoms with Crippen LogP contribution < -0.4 is 0 Å². The predicted octanol–water partition coefficient (Wildman–Crippen LogP) is 7.02. The van der Waals surface area contributed by atoms with Crippen molar-refractivity contribution >= 4 is 11.8 Å². The number of hydrogen-bond acceptors (Lipinski definition) is 2. The van der Waals surface area contributed by atoms with E-state index in [1.807, 2.05) is 25.6 Å². The van der Waals surface area contributed by atoms with Crippen LogP contribution in [0.25, 0.3) is 0 Å². The van der Waals surface area contributed by atoms with Gasteiger partial charge in [-0.3, -0.25) is 0 Å². The molecule has 0 aliphatic heterocycles. The molecule has 0 aromatic heterocycles. The first-order chi connectivity index (χ1) is 10.6. The third-order valence-electron chi connectivity index (χ3n) is 4.23. The summed E-state index contributed by atoms with van der Waals surface area (Å²) in [6, 6.07) is 4.20. The Balaban J connectivity index is 2.00. The van der Waals surface area contributed by atoms with Crippen molar-refractivity contribution in [3.8, 4) is 5.75 Å². The first kappa shape index (κ1) is 19.4. The van der Waals surface area contributed by atoms with Crippen molar-refractivity contribution < 1.29 is 5.11 Å². The average Bonchev–Trinajstić information content (AvgIpc) is 2.50. The van der Waals surface area contributed by atoms with Gasteiger partial charge in [-0.2, -0.15) is 0 Å². The van der Waals surface area contributed by atoms with Crippen LogP contribution in [0.2, 0.25) is 0 Å². The Labute approximate surface area is 141 Å². The van der Waals surface area contributed by atoms with Gasteiger partial charge in [-0.05, 0) is 49.3 Å². The Morgan fingerprint density at radius 1 is 0.773 bits per heavy atom. The monoisotopic (exact) mass is 322 g/mol. The van der Waals surface area contributed by atoms with Gasteiger partial charge in [-0.25, -0.2) is 0 Å². The van der Waals surface area contributed by atoms with Crippen molar-refractivity contribution in [1.82, 2.24) is 0 Å². The van der Waals surface area contributed by atoms with Crippen LogP contribution in [0.1, 0.15) is 82.3 Å². The van der Waals surface area contributed by atoms with Crippen LogP contribution in [0.5, 0.6) is 5.75 Å². The van der Waals surface area contributed by atoms with Gasteiger partial charge in [0.05, 0.1) is 0 Å². The normalized spacial score (nSPS) is 11.0. The molecule has 0 unspecified atom stereocenters. The van der Waals surface area contributed by atoms with Crippen molar-refractivity contribution in [2.45, 2.75) is 89.9 Å². The second-order valence-corrected chi connectivity index (χ2v) is 7.60. The first-order valence-electron chi connectivity index (χ1n) is 9.08. The molecule has 1 aromatic rings. The fourth-order valence-corrected chi connectivity index (χ4v) is 3.88. The van der Waals surface area contributed by atoms with Crippen LogP contribution in [0.4, 0.5) is 0 Å². The first-order valence-corrected chi connectivity index (χ1v) is 10.1. The van der Waals surface area contributed by atoms with Crippen molar-refractivity contribution in [1.29, 1.82) is 0 Å². The van der Waals surface area contributed by atoms with Gasteiger partial charge in [0.2, 0.25) is 0 Å². The molecule has 0 heterocycles. The predicted molar refractivity (Wildman–Crippen MR) is 100 cm³/mol. The molecule has 1 rings (SSSR count). The zero-order valence-electron chi connectivity index (χ0n) is 14.8. The fourth-order valence-electron chi connectivity index (χ4n) is 2.78. The summed E-state index contributed by atoms with van der Waals surface area (Å²) in [5.74, 6) is 1.64. The number of aryl methyl sites for hydroxylation is 2. The van der Waals surface area contributed by atoms with Gasteiger partial charge in [0, 0.05) is 4.90 Å². The van der Waals surface area contributed by atoms with E-state index in [-0.39, 0.29) is 0 Å². The van der Waals surface area contributed by atoms with Crippen molar-refractivity contribution in [3.63, 3.8) is 0 Å². The maximum atomic E-state index is 9.78. The quantitative estimate of drug-likeness (QED) is 0.329. The minimum Gasteiger partial charge on any atom is -0.507 e. The third-order valence-corrected chi connectivity index (χ3v) is 5.29. The summed E-state index contributed by atoms with van der Waals surface area (Å²) in [7, 11) is 0. The van der Waals surface area contributed by atoms with Crippen LogP contribution in [0.15, 0.2) is 17.0 Å². The molecule has 22 heavy (non-hydrogen) atoms. The highest BCUT2D eigenvalue weighted by atomic mass is 32.2. The minimum atomic E-state index is 0.447. The van der Waals surface area contributed by atoms with Crippen molar-refractivity contribution in [2.24, 2.45) is 0 Å². The lowest BCUT2D eigenvalue weighted by Gasteiger charge is -2.07. The zero-order valence-corrected chi connectivity index (χ0v) is 15.6. The van der Waals surface area contributed by atoms with E-state index in [1.165, 1.54) is 74.9 Å². The lowest BCUT2D eigenvalue weighted by molar-refractivity contribution is 0.466. The summed E-state index contributed by atoms with van der Waals surface area (Å²) < 4.78 is 0. The molecule has 0 aliphatic carbocycles. The molecule has 126 valence electrons. The highest BCUT2D eigenvalue weighted by Crippen LogP contribution is 2.29. The molecule has 0 radical (unpaired) electrons. The number of unbranched alkanes of at least 4 members (excludes halogenated alkanes) is 9. The van der Waals surface area contributed by atoms with Gasteiger partial charge in [-0.1, -0.05) is 64.7 Å². The van der Waals surface area contributed by atoms with Crippen LogP contribution in [0.3, 0.4) is 0 Å². The second-order valence-electron chi connectivity index (χ2n) is 6.44. The van der Waals surface area contributed by atoms with Gasteiger partial charge in [0.1, 0.15) is 5.75 Å². The minimum absolute atomic E-state index is 0.447. The molecule has 0 saturated carbocycles. The van der Waals surface area contributed by atoms with Gasteiger partial charge in [0.25, 0.3) is 0 Å². The number of phenols is 1. The lowest BCUT2D eigenvalue weighted by Crippen LogP contribution is -1.86. The van der Waals surface area contributed by atoms with E-state index in [9.17, 15) is 5.11 Å². The zero-order chi connectivity index (χ0) is 16.2. The molecular formula is C20H34OS. The smallest absolute Gasteiger partial charge is 0.121 e. The second kappa shape index (κ2) is 11.9. The highest BCUT2D eigenvalue weighted by molar-refractivity contribution is 7.99. The van der Waals surface area contributed by atoms with Gasteiger partial charge < -0.3 is 5.11 Å². The summed E-state index contributed by atoms with van der Waals surface area (Å²) in [6.07, 6.45) is 13.9. The van der Waals surface area contributed by atoms with Gasteiger partial charge in [-0.15, -0.1) is 11.8 Å². The summed E-state index contributed by atoms with van der Waals surface area (Å²) in [5, 5.41) is 9.78. The van der Waals surface area contributed by atoms with Gasteiger partial charge in [0.15, 0.2) is 0 Å². The standard InChI is InChI=1S/C20H34OS/c1-4-5-6-7-8-9-10-11-12-13-14-22-19-15-17(2)20(21)18(3)16-19/h15-16,21H,4-14H2,1-3H3. The maximum Gasteiger partial charge on any atom is 0.121 e. The van der Waals surface area contributed by atoms with Crippen molar-refractivity contribution in [3.05, 3.63) is 23.3 Å². The molecule has 0 spiro atoms. The Morgan fingerprint density at radius 3 is 1.73 bits per heavy atom. The number of thioether (sulfide) groups is 1. The van der Waals surface area contributed by atoms with Crippen LogP contribution in [-0.4, -0.2) is 10.9 Å². The van der Waals surface area contributed by atoms with Crippen molar-refractivity contribution in [2.75, 3.05) is 5.75 Å². The molecule has 2 heteroatoms. The van der Waals surface area contributed by atoms with Gasteiger partial charge >= 0.3 is 0 Å². The molecule has 0 atom stereocenters. The molecule has 0 fully saturated rings. The Kier molecular flexibility index (Phi) is 10.5. The summed E-state index contributed by atoms with van der Waals surface area (Å²) in [4.78, 5) is 1.30. The van der Waals surface area contributed by atoms with Crippen LogP contribution in [0, 0.1) is 13.8 Å². The number of benzene rings is 1. The topological polar surface area (TPSA) is 20.2 Å². The Morgan fingerprint density at radius 2 is 1.23 bits per heavy atom. The van der Waals surface area contributed by atoms with Crippen LogP contribution >= 0.6 is 11.8 Å². The molecule has 1 nitrogen and oxygen atoms in total. The fraction of sp³-hybridized carbons (Fsp3) is 0.700. The average molecular weight is 323 g/mol. The van der Waals surface area contributed by atoms with E-state index < -0.39 is 0 Å². The highest BCUT2D eigenvalue weighted by Gasteiger charge is 2.03. The number of rotatable bonds is 12. The van der Waals surface area contributed by atoms with E-state index >= 15 is 0 Å². The number of hydrogen-bond donors (Lipinski definition) is 1. The van der Waals surface area contributed by atoms with E-state index in [0.717, 1.165) is 11.1 Å². The Bertz CT molecular complexity index is 391. The molecule has 0 aliphatic rings. The summed E-state index contributed by atoms with van der Waals surface area (Å²) >= 11 is 1.92. The molecule has 0 bridgehead atoms. The molecule has 0 saturated heterocycles. The molecule has 1 N–H and O–H groups in total. The van der Waals surface area contributed by atoms with E-state index in [2.05, 4.69) is 19.1 Å². The lowest BCUT2D eigenvalue weighted by atomic mass is 10.1. The Hall–Kier alpha value is -0.630. The van der Waals surface area contributed by atoms with E-state index in [1.54, 1.807) is 0 Å². The molecule has 0 amide bonds. The molecule has 1 aromatic carbocycles. The van der Waals surface area contributed by atoms with E-state index in [0.29, 0.717) is 5.75 Å². The SMILES string of the molecule is CCCCCCCCCCCCSc1cc(C)c(O)c(C)c1. The third kappa shape index (κ3) is 8.12. The maximum absolute atomic E-state index is 9.78. The largest absolute Gasteiger partial charge is 0.507 e. The van der Waals surface area contributed by atoms with Crippen LogP contribution in [-0.2, 0) is 0 Å². The summed E-state index contributed by atoms with van der Waals surface area (Å²) in [6.45, 7) is 6.23. The summed E-state index contributed by atoms with van der Waals surface area (Å²) in [5.41, 5.74) is 1.98. The van der Waals surface area contributed by atoms with E-state index in [4.69, 9.17) is 0 Å². The molecular weight excluding hydrogens is 288 g/mol. The number of phenolic OH excluding ortho intramolecular Hbond substituents is 1. The number of aromatic hydroxyl groups is 1.